The van der Waals surface area contributed by atoms with Gasteiger partial charge in [-0.3, -0.25) is 0 Å². The predicted octanol–water partition coefficient (Wildman–Crippen LogP) is 6.00. The second-order valence-electron chi connectivity index (χ2n) is 7.67. The third kappa shape index (κ3) is 4.60. The Labute approximate surface area is 187 Å². The number of nitrogens with zero attached hydrogens (tertiary/aromatic N) is 2. The van der Waals surface area contributed by atoms with Gasteiger partial charge in [0.15, 0.2) is 0 Å². The smallest absolute Gasteiger partial charge is 0.125 e. The number of benzene rings is 4. The third-order valence-electron chi connectivity index (χ3n) is 5.16. The number of hydrogen-bond acceptors (Lipinski definition) is 4. The lowest BCUT2D eigenvalue weighted by molar-refractivity contribution is 0.473. The van der Waals surface area contributed by atoms with Gasteiger partial charge in [0.05, 0.1) is 0 Å². The van der Waals surface area contributed by atoms with Gasteiger partial charge in [0.2, 0.25) is 0 Å². The summed E-state index contributed by atoms with van der Waals surface area (Å²) in [6.45, 7) is 3.93. The normalized spacial score (nSPS) is 12.1. The first-order chi connectivity index (χ1) is 15.5. The summed E-state index contributed by atoms with van der Waals surface area (Å²) in [6.07, 6.45) is 0. The lowest BCUT2D eigenvalue weighted by atomic mass is 9.99. The van der Waals surface area contributed by atoms with Crippen LogP contribution < -0.4 is 0 Å². The van der Waals surface area contributed by atoms with Crippen LogP contribution in [0.3, 0.4) is 0 Å². The van der Waals surface area contributed by atoms with Crippen molar-refractivity contribution in [3.8, 4) is 11.5 Å². The van der Waals surface area contributed by atoms with Gasteiger partial charge in [0, 0.05) is 22.3 Å². The van der Waals surface area contributed by atoms with E-state index in [4.69, 9.17) is 0 Å². The largest absolute Gasteiger partial charge is 0.507 e. The molecule has 0 unspecified atom stereocenters. The maximum absolute atomic E-state index is 10.6. The Morgan fingerprint density at radius 1 is 0.531 bits per heavy atom. The Kier molecular flexibility index (Phi) is 6.13. The zero-order valence-electron chi connectivity index (χ0n) is 18.0. The molecule has 0 saturated heterocycles. The molecule has 0 aliphatic rings. The second kappa shape index (κ2) is 9.31. The molecule has 0 radical (unpaired) electrons. The molecule has 4 aromatic carbocycles. The molecule has 0 aliphatic carbocycles. The molecular weight excluding hydrogens is 396 g/mol. The van der Waals surface area contributed by atoms with Crippen LogP contribution in [0.2, 0.25) is 0 Å². The fraction of sp³-hybridized carbons (Fsp3) is 0.0714. The highest BCUT2D eigenvalue weighted by Gasteiger charge is 2.15. The summed E-state index contributed by atoms with van der Waals surface area (Å²) in [7, 11) is 0. The van der Waals surface area contributed by atoms with Gasteiger partial charge in [-0.05, 0) is 38.1 Å². The molecule has 4 aromatic rings. The van der Waals surface area contributed by atoms with Crippen molar-refractivity contribution in [2.45, 2.75) is 13.8 Å². The van der Waals surface area contributed by atoms with Gasteiger partial charge in [0.25, 0.3) is 0 Å². The van der Waals surface area contributed by atoms with Crippen molar-refractivity contribution in [1.29, 1.82) is 0 Å². The number of phenols is 2. The van der Waals surface area contributed by atoms with Crippen molar-refractivity contribution in [1.82, 2.24) is 0 Å². The van der Waals surface area contributed by atoms with Crippen molar-refractivity contribution < 1.29 is 10.2 Å². The molecule has 0 amide bonds. The zero-order valence-corrected chi connectivity index (χ0v) is 18.0. The van der Waals surface area contributed by atoms with Gasteiger partial charge in [-0.25, -0.2) is 0 Å². The van der Waals surface area contributed by atoms with Crippen LogP contribution in [-0.2, 0) is 0 Å². The summed E-state index contributed by atoms with van der Waals surface area (Å²) in [5.41, 5.74) is 5.97. The van der Waals surface area contributed by atoms with Crippen LogP contribution in [0.1, 0.15) is 33.4 Å². The summed E-state index contributed by atoms with van der Waals surface area (Å²) in [4.78, 5) is 0. The first-order valence-electron chi connectivity index (χ1n) is 10.4. The lowest BCUT2D eigenvalue weighted by Gasteiger charge is -2.11. The van der Waals surface area contributed by atoms with Gasteiger partial charge in [-0.2, -0.15) is 0 Å². The van der Waals surface area contributed by atoms with Gasteiger partial charge < -0.3 is 10.2 Å². The van der Waals surface area contributed by atoms with E-state index in [0.29, 0.717) is 22.6 Å². The van der Waals surface area contributed by atoms with Crippen LogP contribution in [0.25, 0.3) is 0 Å². The predicted molar refractivity (Wildman–Crippen MR) is 130 cm³/mol. The van der Waals surface area contributed by atoms with Gasteiger partial charge in [-0.1, -0.05) is 83.9 Å². The minimum atomic E-state index is 0.132. The van der Waals surface area contributed by atoms with Gasteiger partial charge in [0.1, 0.15) is 22.9 Å². The van der Waals surface area contributed by atoms with Crippen molar-refractivity contribution in [2.24, 2.45) is 10.2 Å². The van der Waals surface area contributed by atoms with Crippen LogP contribution in [0, 0.1) is 13.8 Å². The van der Waals surface area contributed by atoms with E-state index >= 15 is 0 Å². The first kappa shape index (κ1) is 21.1. The lowest BCUT2D eigenvalue weighted by Crippen LogP contribution is -2.07. The van der Waals surface area contributed by atoms with Crippen LogP contribution in [0.4, 0.5) is 0 Å². The molecular formula is C28H24N2O2. The topological polar surface area (TPSA) is 65.2 Å². The summed E-state index contributed by atoms with van der Waals surface area (Å²) < 4.78 is 0. The number of rotatable bonds is 5. The number of aromatic hydroxyl groups is 2. The van der Waals surface area contributed by atoms with Crippen LogP contribution in [-0.4, -0.2) is 21.6 Å². The average Bonchev–Trinajstić information content (AvgIpc) is 2.82. The van der Waals surface area contributed by atoms with E-state index in [1.165, 1.54) is 0 Å². The minimum absolute atomic E-state index is 0.132. The Bertz CT molecular complexity index is 1190. The summed E-state index contributed by atoms with van der Waals surface area (Å²) in [5.74, 6) is 0.265. The van der Waals surface area contributed by atoms with Crippen molar-refractivity contribution >= 4 is 11.4 Å². The maximum Gasteiger partial charge on any atom is 0.125 e. The summed E-state index contributed by atoms with van der Waals surface area (Å²) in [5, 5.41) is 30.4. The molecule has 158 valence electrons. The molecule has 32 heavy (non-hydrogen) atoms. The first-order valence-corrected chi connectivity index (χ1v) is 10.4. The Hall–Kier alpha value is -4.18. The molecule has 4 nitrogen and oxygen atoms in total. The third-order valence-corrected chi connectivity index (χ3v) is 5.16. The number of hydrogen-bond donors (Lipinski definition) is 2. The van der Waals surface area contributed by atoms with E-state index in [0.717, 1.165) is 22.3 Å². The molecule has 4 rings (SSSR count). The molecule has 0 saturated carbocycles. The summed E-state index contributed by atoms with van der Waals surface area (Å²) in [6, 6.07) is 30.1. The van der Waals surface area contributed by atoms with Crippen molar-refractivity contribution in [3.05, 3.63) is 130 Å². The van der Waals surface area contributed by atoms with Crippen molar-refractivity contribution in [2.75, 3.05) is 0 Å². The van der Waals surface area contributed by atoms with E-state index in [-0.39, 0.29) is 11.5 Å². The molecule has 0 fully saturated rings. The molecule has 0 heterocycles. The monoisotopic (exact) mass is 420 g/mol. The number of aryl methyl sites for hydroxylation is 2. The van der Waals surface area contributed by atoms with E-state index in [1.807, 2.05) is 98.8 Å². The Morgan fingerprint density at radius 2 is 0.906 bits per heavy atom. The van der Waals surface area contributed by atoms with E-state index in [1.54, 1.807) is 12.1 Å². The van der Waals surface area contributed by atoms with Crippen LogP contribution in [0.5, 0.6) is 11.5 Å². The second-order valence-corrected chi connectivity index (χ2v) is 7.67. The van der Waals surface area contributed by atoms with Crippen LogP contribution >= 0.6 is 0 Å². The van der Waals surface area contributed by atoms with Gasteiger partial charge in [-0.15, -0.1) is 10.2 Å². The Balaban J connectivity index is 1.96. The van der Waals surface area contributed by atoms with E-state index in [2.05, 4.69) is 10.2 Å². The van der Waals surface area contributed by atoms with Crippen molar-refractivity contribution in [3.63, 3.8) is 0 Å². The zero-order chi connectivity index (χ0) is 22.5. The highest BCUT2D eigenvalue weighted by atomic mass is 16.3. The molecule has 0 bridgehead atoms. The fourth-order valence-corrected chi connectivity index (χ4v) is 3.51. The van der Waals surface area contributed by atoms with Crippen LogP contribution in [0.15, 0.2) is 107 Å². The molecule has 4 heteroatoms. The molecule has 0 atom stereocenters. The van der Waals surface area contributed by atoms with Gasteiger partial charge >= 0.3 is 0 Å². The quantitative estimate of drug-likeness (QED) is 0.307. The van der Waals surface area contributed by atoms with E-state index < -0.39 is 0 Å². The molecule has 0 spiro atoms. The minimum Gasteiger partial charge on any atom is -0.507 e. The molecule has 0 aliphatic heterocycles. The molecule has 0 aromatic heterocycles. The SMILES string of the molecule is Cc1ccc(O)c(/C(=N/N=C(\c2ccccc2)c2cc(C)ccc2O)c2ccccc2)c1. The molecule has 2 N–H and O–H groups in total. The summed E-state index contributed by atoms with van der Waals surface area (Å²) >= 11 is 0. The van der Waals surface area contributed by atoms with E-state index in [9.17, 15) is 10.2 Å². The fourth-order valence-electron chi connectivity index (χ4n) is 3.51. The standard InChI is InChI=1S/C28H24N2O2/c1-19-13-15-25(31)23(17-19)27(21-9-5-3-6-10-21)29-30-28(22-11-7-4-8-12-22)24-18-20(2)14-16-26(24)32/h3-18,31-32H,1-2H3/b29-27+,30-28+. The maximum atomic E-state index is 10.6. The number of phenolic OH excluding ortho intramolecular Hbond substituents is 2. The average molecular weight is 421 g/mol. The highest BCUT2D eigenvalue weighted by molar-refractivity contribution is 6.17. The highest BCUT2D eigenvalue weighted by Crippen LogP contribution is 2.25. The Morgan fingerprint density at radius 3 is 1.28 bits per heavy atom.